The van der Waals surface area contributed by atoms with Gasteiger partial charge in [0.1, 0.15) is 0 Å². The third-order valence-electron chi connectivity index (χ3n) is 1.80. The fourth-order valence-corrected chi connectivity index (χ4v) is 1.12. The zero-order valence-corrected chi connectivity index (χ0v) is 6.67. The molecule has 3 heteroatoms. The largest absolute Gasteiger partial charge is 0.379 e. The molecule has 60 valence electrons. The molecule has 0 aromatic carbocycles. The minimum absolute atomic E-state index is 0.508. The van der Waals surface area contributed by atoms with E-state index in [9.17, 15) is 0 Å². The van der Waals surface area contributed by atoms with E-state index in [4.69, 9.17) is 9.47 Å². The third-order valence-corrected chi connectivity index (χ3v) is 1.80. The van der Waals surface area contributed by atoms with Crippen molar-refractivity contribution in [2.75, 3.05) is 33.6 Å². The van der Waals surface area contributed by atoms with Gasteiger partial charge < -0.3 is 9.47 Å². The number of hydrogen-bond donors (Lipinski definition) is 0. The fourth-order valence-electron chi connectivity index (χ4n) is 1.12. The molecule has 0 aromatic rings. The maximum absolute atomic E-state index is 5.26. The minimum Gasteiger partial charge on any atom is -0.379 e. The Bertz CT molecular complexity index is 95.6. The molecule has 1 aliphatic rings. The Morgan fingerprint density at radius 2 is 2.50 bits per heavy atom. The molecule has 0 aromatic heterocycles. The molecule has 1 heterocycles. The van der Waals surface area contributed by atoms with Crippen LogP contribution in [-0.4, -0.2) is 44.5 Å². The molecule has 0 N–H and O–H groups in total. The summed E-state index contributed by atoms with van der Waals surface area (Å²) in [6.45, 7) is 5.55. The summed E-state index contributed by atoms with van der Waals surface area (Å²) in [6, 6.07) is 0.508. The Hall–Kier alpha value is -0.120. The van der Waals surface area contributed by atoms with Crippen LogP contribution < -0.4 is 0 Å². The van der Waals surface area contributed by atoms with Crippen LogP contribution >= 0.6 is 0 Å². The molecule has 1 unspecified atom stereocenters. The van der Waals surface area contributed by atoms with Crippen LogP contribution in [0.2, 0.25) is 0 Å². The van der Waals surface area contributed by atoms with Crippen LogP contribution in [0.1, 0.15) is 6.92 Å². The van der Waals surface area contributed by atoms with Gasteiger partial charge in [-0.2, -0.15) is 0 Å². The van der Waals surface area contributed by atoms with Crippen LogP contribution in [0.3, 0.4) is 0 Å². The molecular formula is C7H15NO2. The lowest BCUT2D eigenvalue weighted by molar-refractivity contribution is -0.0505. The predicted molar refractivity (Wildman–Crippen MR) is 38.9 cm³/mol. The zero-order chi connectivity index (χ0) is 7.40. The lowest BCUT2D eigenvalue weighted by Gasteiger charge is -2.32. The average molecular weight is 145 g/mol. The lowest BCUT2D eigenvalue weighted by Crippen LogP contribution is -2.44. The summed E-state index contributed by atoms with van der Waals surface area (Å²) in [5, 5.41) is 0. The molecule has 0 spiro atoms. The van der Waals surface area contributed by atoms with Crippen molar-refractivity contribution in [1.29, 1.82) is 0 Å². The van der Waals surface area contributed by atoms with E-state index in [1.54, 1.807) is 7.11 Å². The van der Waals surface area contributed by atoms with Crippen molar-refractivity contribution in [3.8, 4) is 0 Å². The highest BCUT2D eigenvalue weighted by Gasteiger charge is 2.17. The van der Waals surface area contributed by atoms with Gasteiger partial charge in [-0.1, -0.05) is 0 Å². The Kier molecular flexibility index (Phi) is 3.12. The molecule has 1 saturated heterocycles. The molecule has 0 radical (unpaired) electrons. The van der Waals surface area contributed by atoms with Gasteiger partial charge in [0.15, 0.2) is 0 Å². The molecule has 0 saturated carbocycles. The number of rotatable bonds is 2. The molecule has 3 nitrogen and oxygen atoms in total. The van der Waals surface area contributed by atoms with Crippen molar-refractivity contribution in [2.24, 2.45) is 0 Å². The van der Waals surface area contributed by atoms with Crippen LogP contribution in [-0.2, 0) is 9.47 Å². The van der Waals surface area contributed by atoms with Crippen molar-refractivity contribution in [1.82, 2.24) is 4.90 Å². The van der Waals surface area contributed by atoms with E-state index >= 15 is 0 Å². The second-order valence-electron chi connectivity index (χ2n) is 2.65. The summed E-state index contributed by atoms with van der Waals surface area (Å²) >= 11 is 0. The van der Waals surface area contributed by atoms with Gasteiger partial charge in [-0.15, -0.1) is 0 Å². The molecule has 0 amide bonds. The first-order valence-electron chi connectivity index (χ1n) is 3.65. The van der Waals surface area contributed by atoms with Crippen molar-refractivity contribution >= 4 is 0 Å². The highest BCUT2D eigenvalue weighted by atomic mass is 16.5. The molecule has 0 bridgehead atoms. The first-order valence-corrected chi connectivity index (χ1v) is 3.65. The van der Waals surface area contributed by atoms with Crippen LogP contribution in [0.15, 0.2) is 0 Å². The molecule has 1 rings (SSSR count). The number of methoxy groups -OCH3 is 1. The van der Waals surface area contributed by atoms with Crippen molar-refractivity contribution in [3.63, 3.8) is 0 Å². The molecular weight excluding hydrogens is 130 g/mol. The quantitative estimate of drug-likeness (QED) is 0.558. The fraction of sp³-hybridized carbons (Fsp3) is 1.00. The normalized spacial score (nSPS) is 28.8. The smallest absolute Gasteiger partial charge is 0.0990 e. The van der Waals surface area contributed by atoms with Gasteiger partial charge in [-0.05, 0) is 6.92 Å². The molecule has 1 fully saturated rings. The summed E-state index contributed by atoms with van der Waals surface area (Å²) in [4.78, 5) is 2.27. The van der Waals surface area contributed by atoms with Gasteiger partial charge in [0.25, 0.3) is 0 Å². The standard InChI is InChI=1S/C7H15NO2/c1-7-5-10-4-3-8(7)6-9-2/h7H,3-6H2,1-2H3. The van der Waals surface area contributed by atoms with Crippen LogP contribution in [0, 0.1) is 0 Å². The Balaban J connectivity index is 2.25. The van der Waals surface area contributed by atoms with Gasteiger partial charge in [-0.25, -0.2) is 0 Å². The Morgan fingerprint density at radius 3 is 3.10 bits per heavy atom. The van der Waals surface area contributed by atoms with Crippen molar-refractivity contribution in [3.05, 3.63) is 0 Å². The minimum atomic E-state index is 0.508. The zero-order valence-electron chi connectivity index (χ0n) is 6.67. The van der Waals surface area contributed by atoms with E-state index in [1.807, 2.05) is 0 Å². The van der Waals surface area contributed by atoms with E-state index < -0.39 is 0 Å². The van der Waals surface area contributed by atoms with E-state index in [2.05, 4.69) is 11.8 Å². The number of nitrogens with zero attached hydrogens (tertiary/aromatic N) is 1. The average Bonchev–Trinajstić information content (AvgIpc) is 1.94. The first-order chi connectivity index (χ1) is 4.84. The maximum atomic E-state index is 5.26. The summed E-state index contributed by atoms with van der Waals surface area (Å²) in [5.74, 6) is 0. The third kappa shape index (κ3) is 1.94. The summed E-state index contributed by atoms with van der Waals surface area (Å²) < 4.78 is 10.3. The van der Waals surface area contributed by atoms with E-state index in [0.717, 1.165) is 26.5 Å². The molecule has 10 heavy (non-hydrogen) atoms. The summed E-state index contributed by atoms with van der Waals surface area (Å²) in [7, 11) is 1.72. The highest BCUT2D eigenvalue weighted by Crippen LogP contribution is 2.04. The number of morpholine rings is 1. The first kappa shape index (κ1) is 7.98. The second-order valence-corrected chi connectivity index (χ2v) is 2.65. The monoisotopic (exact) mass is 145 g/mol. The van der Waals surface area contributed by atoms with Gasteiger partial charge >= 0.3 is 0 Å². The highest BCUT2D eigenvalue weighted by molar-refractivity contribution is 4.67. The topological polar surface area (TPSA) is 21.7 Å². The predicted octanol–water partition coefficient (Wildman–Crippen LogP) is 0.311. The van der Waals surface area contributed by atoms with Crippen molar-refractivity contribution in [2.45, 2.75) is 13.0 Å². The summed E-state index contributed by atoms with van der Waals surface area (Å²) in [6.07, 6.45) is 0. The van der Waals surface area contributed by atoms with E-state index in [0.29, 0.717) is 6.04 Å². The van der Waals surface area contributed by atoms with Crippen LogP contribution in [0.25, 0.3) is 0 Å². The van der Waals surface area contributed by atoms with Crippen LogP contribution in [0.5, 0.6) is 0 Å². The number of ether oxygens (including phenoxy) is 2. The van der Waals surface area contributed by atoms with Crippen molar-refractivity contribution < 1.29 is 9.47 Å². The second kappa shape index (κ2) is 3.91. The van der Waals surface area contributed by atoms with Gasteiger partial charge in [0, 0.05) is 19.7 Å². The van der Waals surface area contributed by atoms with Gasteiger partial charge in [-0.3, -0.25) is 4.90 Å². The molecule has 1 atom stereocenters. The maximum Gasteiger partial charge on any atom is 0.0990 e. The summed E-state index contributed by atoms with van der Waals surface area (Å²) in [5.41, 5.74) is 0. The van der Waals surface area contributed by atoms with Crippen LogP contribution in [0.4, 0.5) is 0 Å². The Labute approximate surface area is 61.9 Å². The number of hydrogen-bond acceptors (Lipinski definition) is 3. The SMILES string of the molecule is COCN1CCOCC1C. The van der Waals surface area contributed by atoms with E-state index in [1.165, 1.54) is 0 Å². The van der Waals surface area contributed by atoms with Gasteiger partial charge in [0.2, 0.25) is 0 Å². The van der Waals surface area contributed by atoms with E-state index in [-0.39, 0.29) is 0 Å². The van der Waals surface area contributed by atoms with Gasteiger partial charge in [0.05, 0.1) is 19.9 Å². The Morgan fingerprint density at radius 1 is 1.70 bits per heavy atom. The lowest BCUT2D eigenvalue weighted by atomic mass is 10.3. The molecule has 1 aliphatic heterocycles. The molecule has 0 aliphatic carbocycles.